The summed E-state index contributed by atoms with van der Waals surface area (Å²) in [6, 6.07) is 7.84. The van der Waals surface area contributed by atoms with Gasteiger partial charge in [0.25, 0.3) is 0 Å². The molecule has 1 aromatic heterocycles. The number of nitrogens with two attached hydrogens (primary N) is 1. The van der Waals surface area contributed by atoms with Crippen LogP contribution in [0.3, 0.4) is 0 Å². The lowest BCUT2D eigenvalue weighted by atomic mass is 10.0. The fraction of sp³-hybridized carbons (Fsp3) is 0.214. The zero-order chi connectivity index (χ0) is 13.3. The van der Waals surface area contributed by atoms with E-state index in [-0.39, 0.29) is 0 Å². The average Bonchev–Trinajstić information content (AvgIpc) is 2.72. The van der Waals surface area contributed by atoms with Crippen molar-refractivity contribution in [2.75, 3.05) is 12.8 Å². The number of H-pyrrole nitrogens is 1. The number of nitriles is 1. The Labute approximate surface area is 106 Å². The number of hydrogen-bond acceptors (Lipinski definition) is 3. The SMILES string of the molecule is COc1cc(C)c(-c2cc(C#N)c(N)[nH]2)cc1C. The minimum Gasteiger partial charge on any atom is -0.496 e. The van der Waals surface area contributed by atoms with Crippen molar-refractivity contribution >= 4 is 5.82 Å². The van der Waals surface area contributed by atoms with Crippen LogP contribution in [0.4, 0.5) is 5.82 Å². The summed E-state index contributed by atoms with van der Waals surface area (Å²) in [6.45, 7) is 3.99. The summed E-state index contributed by atoms with van der Waals surface area (Å²) in [5.74, 6) is 1.26. The molecule has 0 unspecified atom stereocenters. The number of ether oxygens (including phenoxy) is 1. The van der Waals surface area contributed by atoms with E-state index in [4.69, 9.17) is 15.7 Å². The Balaban J connectivity index is 2.57. The number of aromatic nitrogens is 1. The molecule has 0 amide bonds. The quantitative estimate of drug-likeness (QED) is 0.848. The second kappa shape index (κ2) is 4.46. The molecule has 1 aromatic carbocycles. The number of rotatable bonds is 2. The number of anilines is 1. The van der Waals surface area contributed by atoms with E-state index in [0.29, 0.717) is 11.4 Å². The molecule has 4 nitrogen and oxygen atoms in total. The summed E-state index contributed by atoms with van der Waals surface area (Å²) >= 11 is 0. The van der Waals surface area contributed by atoms with E-state index in [1.807, 2.05) is 26.0 Å². The van der Waals surface area contributed by atoms with E-state index in [9.17, 15) is 0 Å². The first-order chi connectivity index (χ1) is 8.56. The van der Waals surface area contributed by atoms with Crippen LogP contribution in [0.5, 0.6) is 5.75 Å². The molecule has 4 heteroatoms. The molecule has 0 saturated heterocycles. The molecule has 0 atom stereocenters. The van der Waals surface area contributed by atoms with Gasteiger partial charge in [0.2, 0.25) is 0 Å². The number of aryl methyl sites for hydroxylation is 2. The van der Waals surface area contributed by atoms with E-state index < -0.39 is 0 Å². The summed E-state index contributed by atoms with van der Waals surface area (Å²) in [5.41, 5.74) is 10.2. The van der Waals surface area contributed by atoms with E-state index in [1.165, 1.54) is 0 Å². The van der Waals surface area contributed by atoms with Crippen molar-refractivity contribution in [2.24, 2.45) is 0 Å². The Morgan fingerprint density at radius 3 is 2.50 bits per heavy atom. The minimum absolute atomic E-state index is 0.403. The fourth-order valence-corrected chi connectivity index (χ4v) is 2.01. The van der Waals surface area contributed by atoms with Gasteiger partial charge < -0.3 is 15.5 Å². The molecule has 0 aliphatic heterocycles. The lowest BCUT2D eigenvalue weighted by Crippen LogP contribution is -1.92. The molecule has 0 fully saturated rings. The molecule has 0 aliphatic rings. The lowest BCUT2D eigenvalue weighted by Gasteiger charge is -2.10. The normalized spacial score (nSPS) is 10.1. The summed E-state index contributed by atoms with van der Waals surface area (Å²) in [6.07, 6.45) is 0. The molecule has 2 rings (SSSR count). The third-order valence-electron chi connectivity index (χ3n) is 3.00. The third-order valence-corrected chi connectivity index (χ3v) is 3.00. The van der Waals surface area contributed by atoms with Crippen LogP contribution in [0.2, 0.25) is 0 Å². The minimum atomic E-state index is 0.403. The number of aromatic amines is 1. The first-order valence-electron chi connectivity index (χ1n) is 5.61. The number of nitrogen functional groups attached to an aromatic ring is 1. The Bertz CT molecular complexity index is 635. The van der Waals surface area contributed by atoms with Gasteiger partial charge in [-0.1, -0.05) is 0 Å². The van der Waals surface area contributed by atoms with Gasteiger partial charge >= 0.3 is 0 Å². The second-order valence-corrected chi connectivity index (χ2v) is 4.26. The molecule has 0 aliphatic carbocycles. The summed E-state index contributed by atoms with van der Waals surface area (Å²) < 4.78 is 5.28. The van der Waals surface area contributed by atoms with Crippen molar-refractivity contribution in [3.05, 3.63) is 34.9 Å². The summed E-state index contributed by atoms with van der Waals surface area (Å²) in [4.78, 5) is 3.03. The highest BCUT2D eigenvalue weighted by molar-refractivity contribution is 5.71. The topological polar surface area (TPSA) is 74.8 Å². The molecule has 18 heavy (non-hydrogen) atoms. The first-order valence-corrected chi connectivity index (χ1v) is 5.61. The number of benzene rings is 1. The highest BCUT2D eigenvalue weighted by Crippen LogP contribution is 2.31. The van der Waals surface area contributed by atoms with Crippen LogP contribution in [0.25, 0.3) is 11.3 Å². The van der Waals surface area contributed by atoms with Gasteiger partial charge in [0.05, 0.1) is 12.7 Å². The van der Waals surface area contributed by atoms with Gasteiger partial charge in [0.15, 0.2) is 0 Å². The van der Waals surface area contributed by atoms with Crippen molar-refractivity contribution in [1.29, 1.82) is 5.26 Å². The lowest BCUT2D eigenvalue weighted by molar-refractivity contribution is 0.411. The smallest absolute Gasteiger partial charge is 0.122 e. The monoisotopic (exact) mass is 241 g/mol. The highest BCUT2D eigenvalue weighted by atomic mass is 16.5. The maximum Gasteiger partial charge on any atom is 0.122 e. The first kappa shape index (κ1) is 12.1. The van der Waals surface area contributed by atoms with E-state index in [0.717, 1.165) is 28.1 Å². The summed E-state index contributed by atoms with van der Waals surface area (Å²) in [7, 11) is 1.65. The van der Waals surface area contributed by atoms with Gasteiger partial charge in [-0.15, -0.1) is 0 Å². The number of hydrogen-bond donors (Lipinski definition) is 2. The van der Waals surface area contributed by atoms with Crippen molar-refractivity contribution in [1.82, 2.24) is 4.98 Å². The Morgan fingerprint density at radius 1 is 1.22 bits per heavy atom. The Kier molecular flexibility index (Phi) is 2.99. The second-order valence-electron chi connectivity index (χ2n) is 4.26. The zero-order valence-electron chi connectivity index (χ0n) is 10.7. The van der Waals surface area contributed by atoms with Crippen LogP contribution in [0.1, 0.15) is 16.7 Å². The van der Waals surface area contributed by atoms with Gasteiger partial charge in [-0.05, 0) is 43.2 Å². The standard InChI is InChI=1S/C14H15N3O/c1-8-5-13(18-3)9(2)4-11(8)12-6-10(7-15)14(16)17-12/h4-6,17H,16H2,1-3H3. The predicted molar refractivity (Wildman–Crippen MR) is 71.4 cm³/mol. The van der Waals surface area contributed by atoms with Gasteiger partial charge in [-0.25, -0.2) is 0 Å². The van der Waals surface area contributed by atoms with Gasteiger partial charge in [0, 0.05) is 11.3 Å². The molecule has 0 bridgehead atoms. The van der Waals surface area contributed by atoms with Crippen molar-refractivity contribution in [2.45, 2.75) is 13.8 Å². The zero-order valence-corrected chi connectivity index (χ0v) is 10.7. The third kappa shape index (κ3) is 1.91. The Morgan fingerprint density at radius 2 is 1.94 bits per heavy atom. The predicted octanol–water partition coefficient (Wildman–Crippen LogP) is 2.76. The molecular formula is C14H15N3O. The Hall–Kier alpha value is -2.41. The van der Waals surface area contributed by atoms with E-state index in [1.54, 1.807) is 13.2 Å². The molecule has 1 heterocycles. The molecule has 3 N–H and O–H groups in total. The molecule has 0 radical (unpaired) electrons. The fourth-order valence-electron chi connectivity index (χ4n) is 2.01. The maximum atomic E-state index is 8.91. The van der Waals surface area contributed by atoms with Crippen LogP contribution < -0.4 is 10.5 Å². The molecule has 2 aromatic rings. The van der Waals surface area contributed by atoms with Crippen molar-refractivity contribution in [3.63, 3.8) is 0 Å². The molecule has 0 saturated carbocycles. The largest absolute Gasteiger partial charge is 0.496 e. The van der Waals surface area contributed by atoms with Crippen LogP contribution in [0.15, 0.2) is 18.2 Å². The molecule has 0 spiro atoms. The number of methoxy groups -OCH3 is 1. The summed E-state index contributed by atoms with van der Waals surface area (Å²) in [5, 5.41) is 8.91. The van der Waals surface area contributed by atoms with Crippen molar-refractivity contribution < 1.29 is 4.74 Å². The van der Waals surface area contributed by atoms with Crippen molar-refractivity contribution in [3.8, 4) is 23.1 Å². The van der Waals surface area contributed by atoms with Gasteiger partial charge in [0.1, 0.15) is 17.6 Å². The van der Waals surface area contributed by atoms with Crippen LogP contribution in [-0.2, 0) is 0 Å². The van der Waals surface area contributed by atoms with E-state index >= 15 is 0 Å². The average molecular weight is 241 g/mol. The number of nitrogens with zero attached hydrogens (tertiary/aromatic N) is 1. The molecule has 92 valence electrons. The van der Waals surface area contributed by atoms with E-state index in [2.05, 4.69) is 11.1 Å². The number of nitrogens with one attached hydrogen (secondary N) is 1. The van der Waals surface area contributed by atoms with Crippen LogP contribution in [0, 0.1) is 25.2 Å². The van der Waals surface area contributed by atoms with Crippen LogP contribution >= 0.6 is 0 Å². The van der Waals surface area contributed by atoms with Gasteiger partial charge in [-0.2, -0.15) is 5.26 Å². The highest BCUT2D eigenvalue weighted by Gasteiger charge is 2.11. The maximum absolute atomic E-state index is 8.91. The van der Waals surface area contributed by atoms with Crippen LogP contribution in [-0.4, -0.2) is 12.1 Å². The van der Waals surface area contributed by atoms with Gasteiger partial charge in [-0.3, -0.25) is 0 Å². The molecular weight excluding hydrogens is 226 g/mol.